The van der Waals surface area contributed by atoms with Crippen LogP contribution in [0.2, 0.25) is 0 Å². The van der Waals surface area contributed by atoms with E-state index in [-0.39, 0.29) is 10.8 Å². The molecule has 2 rings (SSSR count). The fraction of sp³-hybridized carbons (Fsp3) is 0.273. The topological polar surface area (TPSA) is 90.9 Å². The maximum Gasteiger partial charge on any atom is 0.272 e. The Bertz CT molecular complexity index is 681. The number of benzene rings is 1. The molecule has 0 saturated heterocycles. The van der Waals surface area contributed by atoms with Gasteiger partial charge in [0, 0.05) is 0 Å². The minimum atomic E-state index is -3.74. The predicted octanol–water partition coefficient (Wildman–Crippen LogP) is 1.02. The average Bonchev–Trinajstić information content (AvgIpc) is 2.62. The number of nitrogen functional groups attached to an aromatic ring is 1. The fourth-order valence-corrected chi connectivity index (χ4v) is 3.67. The Morgan fingerprint density at radius 1 is 1.17 bits per heavy atom. The van der Waals surface area contributed by atoms with Crippen molar-refractivity contribution < 1.29 is 8.42 Å². The first kappa shape index (κ1) is 12.6. The summed E-state index contributed by atoms with van der Waals surface area (Å²) in [5.41, 5.74) is 7.88. The van der Waals surface area contributed by atoms with E-state index in [4.69, 9.17) is 5.73 Å². The SMILES string of the molecule is Cc1cc(C)c(S(=O)(=O)n2cnnc2N)c(C)c1. The maximum atomic E-state index is 12.5. The van der Waals surface area contributed by atoms with Gasteiger partial charge in [0.2, 0.25) is 5.95 Å². The normalized spacial score (nSPS) is 11.7. The van der Waals surface area contributed by atoms with E-state index in [2.05, 4.69) is 10.2 Å². The highest BCUT2D eigenvalue weighted by Gasteiger charge is 2.24. The van der Waals surface area contributed by atoms with Crippen LogP contribution in [0.25, 0.3) is 0 Å². The molecule has 0 unspecified atom stereocenters. The predicted molar refractivity (Wildman–Crippen MR) is 67.7 cm³/mol. The number of hydrogen-bond acceptors (Lipinski definition) is 5. The van der Waals surface area contributed by atoms with Crippen molar-refractivity contribution in [2.75, 3.05) is 5.73 Å². The van der Waals surface area contributed by atoms with E-state index in [0.717, 1.165) is 15.9 Å². The summed E-state index contributed by atoms with van der Waals surface area (Å²) in [6.45, 7) is 5.43. The Hall–Kier alpha value is -1.89. The van der Waals surface area contributed by atoms with Gasteiger partial charge in [-0.3, -0.25) is 0 Å². The van der Waals surface area contributed by atoms with Gasteiger partial charge >= 0.3 is 0 Å². The molecule has 0 aliphatic carbocycles. The Balaban J connectivity index is 2.74. The number of aromatic nitrogens is 3. The zero-order valence-electron chi connectivity index (χ0n) is 10.4. The van der Waals surface area contributed by atoms with Crippen molar-refractivity contribution in [1.29, 1.82) is 0 Å². The molecule has 1 heterocycles. The first-order chi connectivity index (χ1) is 8.34. The highest BCUT2D eigenvalue weighted by atomic mass is 32.2. The average molecular weight is 266 g/mol. The van der Waals surface area contributed by atoms with E-state index in [1.165, 1.54) is 0 Å². The van der Waals surface area contributed by atoms with Crippen molar-refractivity contribution in [3.05, 3.63) is 35.2 Å². The second-order valence-corrected chi connectivity index (χ2v) is 5.97. The lowest BCUT2D eigenvalue weighted by molar-refractivity contribution is 0.586. The van der Waals surface area contributed by atoms with Crippen molar-refractivity contribution in [3.63, 3.8) is 0 Å². The van der Waals surface area contributed by atoms with E-state index in [0.29, 0.717) is 11.1 Å². The van der Waals surface area contributed by atoms with Gasteiger partial charge < -0.3 is 5.73 Å². The van der Waals surface area contributed by atoms with Crippen LogP contribution in [0.3, 0.4) is 0 Å². The molecule has 0 amide bonds. The van der Waals surface area contributed by atoms with E-state index in [9.17, 15) is 8.42 Å². The quantitative estimate of drug-likeness (QED) is 0.876. The number of nitrogens with two attached hydrogens (primary N) is 1. The van der Waals surface area contributed by atoms with Crippen molar-refractivity contribution in [3.8, 4) is 0 Å². The summed E-state index contributed by atoms with van der Waals surface area (Å²) < 4.78 is 25.8. The monoisotopic (exact) mass is 266 g/mol. The smallest absolute Gasteiger partial charge is 0.272 e. The number of hydrogen-bond donors (Lipinski definition) is 1. The molecule has 1 aromatic carbocycles. The number of anilines is 1. The highest BCUT2D eigenvalue weighted by Crippen LogP contribution is 2.24. The summed E-state index contributed by atoms with van der Waals surface area (Å²) in [6.07, 6.45) is 1.10. The van der Waals surface area contributed by atoms with Crippen LogP contribution >= 0.6 is 0 Å². The van der Waals surface area contributed by atoms with Gasteiger partial charge in [-0.15, -0.1) is 10.2 Å². The molecule has 0 radical (unpaired) electrons. The Morgan fingerprint density at radius 3 is 2.17 bits per heavy atom. The van der Waals surface area contributed by atoms with Crippen molar-refractivity contribution in [2.45, 2.75) is 25.7 Å². The largest absolute Gasteiger partial charge is 0.367 e. The van der Waals surface area contributed by atoms with E-state index >= 15 is 0 Å². The van der Waals surface area contributed by atoms with Gasteiger partial charge in [-0.2, -0.15) is 3.97 Å². The van der Waals surface area contributed by atoms with Crippen LogP contribution in [0.5, 0.6) is 0 Å². The van der Waals surface area contributed by atoms with Gasteiger partial charge in [-0.1, -0.05) is 17.7 Å². The second-order valence-electron chi connectivity index (χ2n) is 4.22. The molecule has 0 atom stereocenters. The molecule has 0 aliphatic heterocycles. The molecule has 1 aromatic heterocycles. The molecule has 0 saturated carbocycles. The van der Waals surface area contributed by atoms with Crippen molar-refractivity contribution in [2.24, 2.45) is 0 Å². The molecule has 2 aromatic rings. The third-order valence-corrected chi connectivity index (χ3v) is 4.62. The van der Waals surface area contributed by atoms with E-state index in [1.807, 2.05) is 19.1 Å². The van der Waals surface area contributed by atoms with Crippen LogP contribution in [0, 0.1) is 20.8 Å². The van der Waals surface area contributed by atoms with Gasteiger partial charge in [0.1, 0.15) is 6.33 Å². The van der Waals surface area contributed by atoms with E-state index < -0.39 is 10.0 Å². The molecular weight excluding hydrogens is 252 g/mol. The molecule has 18 heavy (non-hydrogen) atoms. The van der Waals surface area contributed by atoms with Crippen molar-refractivity contribution in [1.82, 2.24) is 14.2 Å². The van der Waals surface area contributed by atoms with Crippen LogP contribution < -0.4 is 5.73 Å². The Kier molecular flexibility index (Phi) is 2.86. The van der Waals surface area contributed by atoms with E-state index in [1.54, 1.807) is 13.8 Å². The summed E-state index contributed by atoms with van der Waals surface area (Å²) in [5.74, 6) is -0.144. The van der Waals surface area contributed by atoms with Crippen LogP contribution in [0.15, 0.2) is 23.4 Å². The molecular formula is C11H14N4O2S. The summed E-state index contributed by atoms with van der Waals surface area (Å²) >= 11 is 0. The summed E-state index contributed by atoms with van der Waals surface area (Å²) in [4.78, 5) is 0.250. The van der Waals surface area contributed by atoms with Crippen molar-refractivity contribution >= 4 is 16.0 Å². The van der Waals surface area contributed by atoms with Crippen LogP contribution in [0.1, 0.15) is 16.7 Å². The zero-order valence-corrected chi connectivity index (χ0v) is 11.2. The second kappa shape index (κ2) is 4.09. The molecule has 0 fully saturated rings. The third kappa shape index (κ3) is 1.86. The maximum absolute atomic E-state index is 12.5. The van der Waals surface area contributed by atoms with Crippen LogP contribution in [0.4, 0.5) is 5.95 Å². The fourth-order valence-electron chi connectivity index (χ4n) is 2.09. The molecule has 0 aliphatic rings. The zero-order chi connectivity index (χ0) is 13.5. The number of rotatable bonds is 2. The van der Waals surface area contributed by atoms with Gasteiger partial charge in [-0.25, -0.2) is 8.42 Å². The minimum Gasteiger partial charge on any atom is -0.367 e. The Labute approximate surface area is 106 Å². The highest BCUT2D eigenvalue weighted by molar-refractivity contribution is 7.90. The molecule has 96 valence electrons. The number of nitrogens with zero attached hydrogens (tertiary/aromatic N) is 3. The number of aryl methyl sites for hydroxylation is 3. The molecule has 0 spiro atoms. The van der Waals surface area contributed by atoms with Crippen LogP contribution in [-0.2, 0) is 10.0 Å². The lowest BCUT2D eigenvalue weighted by Gasteiger charge is -2.12. The molecule has 2 N–H and O–H groups in total. The first-order valence-electron chi connectivity index (χ1n) is 5.33. The molecule has 6 nitrogen and oxygen atoms in total. The van der Waals surface area contributed by atoms with Gasteiger partial charge in [0.05, 0.1) is 4.90 Å². The first-order valence-corrected chi connectivity index (χ1v) is 6.77. The van der Waals surface area contributed by atoms with Gasteiger partial charge in [-0.05, 0) is 31.9 Å². The molecule has 7 heteroatoms. The van der Waals surface area contributed by atoms with Crippen LogP contribution in [-0.4, -0.2) is 22.6 Å². The summed E-state index contributed by atoms with van der Waals surface area (Å²) in [6, 6.07) is 3.64. The minimum absolute atomic E-state index is 0.144. The third-order valence-electron chi connectivity index (χ3n) is 2.66. The standard InChI is InChI=1S/C11H14N4O2S/c1-7-4-8(2)10(9(3)5-7)18(16,17)15-6-13-14-11(15)12/h4-6H,1-3H3,(H2,12,14). The summed E-state index contributed by atoms with van der Waals surface area (Å²) in [5, 5.41) is 7.00. The van der Waals surface area contributed by atoms with Gasteiger partial charge in [0.25, 0.3) is 10.0 Å². The lowest BCUT2D eigenvalue weighted by atomic mass is 10.1. The molecule has 0 bridgehead atoms. The Morgan fingerprint density at radius 2 is 1.72 bits per heavy atom. The summed E-state index contributed by atoms with van der Waals surface area (Å²) in [7, 11) is -3.74. The van der Waals surface area contributed by atoms with Gasteiger partial charge in [0.15, 0.2) is 0 Å². The lowest BCUT2D eigenvalue weighted by Crippen LogP contribution is -2.17.